The molecule has 4 heteroatoms. The Bertz CT molecular complexity index is 655. The number of aryl methyl sites for hydroxylation is 1. The summed E-state index contributed by atoms with van der Waals surface area (Å²) in [6.07, 6.45) is 2.88. The maximum atomic E-state index is 13.2. The van der Waals surface area contributed by atoms with Crippen molar-refractivity contribution in [3.05, 3.63) is 65.2 Å². The van der Waals surface area contributed by atoms with Gasteiger partial charge in [0.25, 0.3) is 0 Å². The highest BCUT2D eigenvalue weighted by atomic mass is 19.2. The lowest BCUT2D eigenvalue weighted by Gasteiger charge is -2.14. The van der Waals surface area contributed by atoms with Gasteiger partial charge < -0.3 is 10.1 Å². The first kappa shape index (κ1) is 19.4. The normalized spacial score (nSPS) is 12.4. The van der Waals surface area contributed by atoms with Crippen LogP contribution in [0.2, 0.25) is 0 Å². The molecule has 0 heterocycles. The van der Waals surface area contributed by atoms with Crippen molar-refractivity contribution < 1.29 is 13.5 Å². The fourth-order valence-corrected chi connectivity index (χ4v) is 2.74. The van der Waals surface area contributed by atoms with Gasteiger partial charge in [-0.1, -0.05) is 18.2 Å². The Morgan fingerprint density at radius 3 is 2.24 bits per heavy atom. The monoisotopic (exact) mass is 347 g/mol. The van der Waals surface area contributed by atoms with E-state index < -0.39 is 11.6 Å². The molecule has 0 aliphatic heterocycles. The summed E-state index contributed by atoms with van der Waals surface area (Å²) in [4.78, 5) is 0. The zero-order valence-corrected chi connectivity index (χ0v) is 15.2. The van der Waals surface area contributed by atoms with Gasteiger partial charge in [0.05, 0.1) is 6.10 Å². The summed E-state index contributed by atoms with van der Waals surface area (Å²) in [7, 11) is 0. The Balaban J connectivity index is 1.68. The fourth-order valence-electron chi connectivity index (χ4n) is 2.74. The minimum atomic E-state index is -0.797. The minimum absolute atomic E-state index is 0.186. The summed E-state index contributed by atoms with van der Waals surface area (Å²) in [5, 5.41) is 3.43. The van der Waals surface area contributed by atoms with E-state index in [-0.39, 0.29) is 12.1 Å². The van der Waals surface area contributed by atoms with Crippen molar-refractivity contribution in [1.82, 2.24) is 5.32 Å². The predicted octanol–water partition coefficient (Wildman–Crippen LogP) is 4.91. The molecule has 2 rings (SSSR count). The molecular weight excluding hydrogens is 320 g/mol. The second kappa shape index (κ2) is 9.52. The number of halogens is 2. The largest absolute Gasteiger partial charge is 0.491 e. The number of hydrogen-bond donors (Lipinski definition) is 1. The second-order valence-corrected chi connectivity index (χ2v) is 6.72. The average Bonchev–Trinajstić information content (AvgIpc) is 2.56. The Kier molecular flexibility index (Phi) is 7.38. The van der Waals surface area contributed by atoms with E-state index in [4.69, 9.17) is 4.74 Å². The van der Waals surface area contributed by atoms with Crippen molar-refractivity contribution >= 4 is 0 Å². The van der Waals surface area contributed by atoms with Crippen molar-refractivity contribution in [3.63, 3.8) is 0 Å². The van der Waals surface area contributed by atoms with E-state index in [2.05, 4.69) is 24.4 Å². The quantitative estimate of drug-likeness (QED) is 0.651. The van der Waals surface area contributed by atoms with Crippen LogP contribution >= 0.6 is 0 Å². The lowest BCUT2D eigenvalue weighted by Crippen LogP contribution is -2.29. The highest BCUT2D eigenvalue weighted by molar-refractivity contribution is 5.27. The van der Waals surface area contributed by atoms with Crippen molar-refractivity contribution in [3.8, 4) is 5.75 Å². The molecule has 25 heavy (non-hydrogen) atoms. The summed E-state index contributed by atoms with van der Waals surface area (Å²) in [6.45, 7) is 6.97. The number of hydrogen-bond acceptors (Lipinski definition) is 2. The molecule has 2 aromatic carbocycles. The Morgan fingerprint density at radius 1 is 0.920 bits per heavy atom. The molecule has 0 spiro atoms. The Labute approximate surface area is 149 Å². The van der Waals surface area contributed by atoms with Gasteiger partial charge in [-0.3, -0.25) is 0 Å². The molecule has 1 unspecified atom stereocenters. The molecule has 0 bridgehead atoms. The van der Waals surface area contributed by atoms with Crippen LogP contribution < -0.4 is 10.1 Å². The zero-order valence-electron chi connectivity index (χ0n) is 15.2. The van der Waals surface area contributed by atoms with E-state index in [0.29, 0.717) is 6.42 Å². The highest BCUT2D eigenvalue weighted by Crippen LogP contribution is 2.15. The summed E-state index contributed by atoms with van der Waals surface area (Å²) < 4.78 is 31.8. The van der Waals surface area contributed by atoms with Crippen LogP contribution in [0, 0.1) is 11.6 Å². The number of nitrogens with one attached hydrogen (secondary N) is 1. The first-order valence-corrected chi connectivity index (χ1v) is 8.87. The lowest BCUT2D eigenvalue weighted by molar-refractivity contribution is 0.242. The molecule has 2 nitrogen and oxygen atoms in total. The molecule has 2 aromatic rings. The van der Waals surface area contributed by atoms with Crippen LogP contribution in [0.15, 0.2) is 42.5 Å². The molecule has 136 valence electrons. The third-order valence-electron chi connectivity index (χ3n) is 3.96. The van der Waals surface area contributed by atoms with E-state index in [0.717, 1.165) is 30.7 Å². The van der Waals surface area contributed by atoms with Crippen molar-refractivity contribution in [2.24, 2.45) is 0 Å². The number of rotatable bonds is 9. The maximum absolute atomic E-state index is 13.2. The summed E-state index contributed by atoms with van der Waals surface area (Å²) >= 11 is 0. The summed E-state index contributed by atoms with van der Waals surface area (Å²) in [5.74, 6) is -0.680. The first-order valence-electron chi connectivity index (χ1n) is 8.87. The standard InChI is InChI=1S/C21H27F2NO/c1-15(2)25-19-9-6-17(7-10-19)5-4-12-24-16(3)13-18-8-11-20(22)21(23)14-18/h6-11,14-16,24H,4-5,12-13H2,1-3H3. The van der Waals surface area contributed by atoms with Gasteiger partial charge in [-0.05, 0) is 82.0 Å². The average molecular weight is 347 g/mol. The van der Waals surface area contributed by atoms with Crippen molar-refractivity contribution in [2.45, 2.75) is 52.2 Å². The molecular formula is C21H27F2NO. The maximum Gasteiger partial charge on any atom is 0.159 e. The topological polar surface area (TPSA) is 21.3 Å². The second-order valence-electron chi connectivity index (χ2n) is 6.72. The van der Waals surface area contributed by atoms with Gasteiger partial charge >= 0.3 is 0 Å². The third-order valence-corrected chi connectivity index (χ3v) is 3.96. The molecule has 1 N–H and O–H groups in total. The summed E-state index contributed by atoms with van der Waals surface area (Å²) in [6, 6.07) is 12.5. The first-order chi connectivity index (χ1) is 11.9. The SMILES string of the molecule is CC(Cc1ccc(F)c(F)c1)NCCCc1ccc(OC(C)C)cc1. The minimum Gasteiger partial charge on any atom is -0.491 e. The molecule has 0 fully saturated rings. The van der Waals surface area contributed by atoms with Gasteiger partial charge in [0.15, 0.2) is 11.6 Å². The molecule has 0 aromatic heterocycles. The van der Waals surface area contributed by atoms with Crippen LogP contribution in [0.25, 0.3) is 0 Å². The number of ether oxygens (including phenoxy) is 1. The third kappa shape index (κ3) is 6.83. The predicted molar refractivity (Wildman–Crippen MR) is 98.1 cm³/mol. The van der Waals surface area contributed by atoms with Crippen LogP contribution in [0.4, 0.5) is 8.78 Å². The number of benzene rings is 2. The van der Waals surface area contributed by atoms with Crippen LogP contribution in [-0.4, -0.2) is 18.7 Å². The smallest absolute Gasteiger partial charge is 0.159 e. The molecule has 0 amide bonds. The van der Waals surface area contributed by atoms with Crippen LogP contribution in [0.3, 0.4) is 0 Å². The Morgan fingerprint density at radius 2 is 1.60 bits per heavy atom. The fraction of sp³-hybridized carbons (Fsp3) is 0.429. The van der Waals surface area contributed by atoms with Gasteiger partial charge in [0.1, 0.15) is 5.75 Å². The van der Waals surface area contributed by atoms with Gasteiger partial charge in [-0.2, -0.15) is 0 Å². The van der Waals surface area contributed by atoms with E-state index in [1.54, 1.807) is 6.07 Å². The van der Waals surface area contributed by atoms with Gasteiger partial charge in [0, 0.05) is 6.04 Å². The lowest BCUT2D eigenvalue weighted by atomic mass is 10.1. The van der Waals surface area contributed by atoms with Gasteiger partial charge in [-0.25, -0.2) is 8.78 Å². The van der Waals surface area contributed by atoms with Crippen LogP contribution in [0.1, 0.15) is 38.3 Å². The van der Waals surface area contributed by atoms with E-state index in [1.165, 1.54) is 17.7 Å². The van der Waals surface area contributed by atoms with Crippen LogP contribution in [0.5, 0.6) is 5.75 Å². The van der Waals surface area contributed by atoms with Gasteiger partial charge in [0.2, 0.25) is 0 Å². The highest BCUT2D eigenvalue weighted by Gasteiger charge is 2.07. The molecule has 1 atom stereocenters. The molecule has 0 saturated heterocycles. The Hall–Kier alpha value is -1.94. The molecule has 0 radical (unpaired) electrons. The van der Waals surface area contributed by atoms with Crippen molar-refractivity contribution in [2.75, 3.05) is 6.54 Å². The van der Waals surface area contributed by atoms with E-state index in [1.807, 2.05) is 26.0 Å². The zero-order chi connectivity index (χ0) is 18.2. The van der Waals surface area contributed by atoms with E-state index >= 15 is 0 Å². The van der Waals surface area contributed by atoms with E-state index in [9.17, 15) is 8.78 Å². The van der Waals surface area contributed by atoms with Gasteiger partial charge in [-0.15, -0.1) is 0 Å². The van der Waals surface area contributed by atoms with Crippen LogP contribution in [-0.2, 0) is 12.8 Å². The molecule has 0 aliphatic rings. The van der Waals surface area contributed by atoms with Crippen molar-refractivity contribution in [1.29, 1.82) is 0 Å². The molecule has 0 saturated carbocycles. The molecule has 0 aliphatic carbocycles. The summed E-state index contributed by atoms with van der Waals surface area (Å²) in [5.41, 5.74) is 2.09.